The molecule has 78 valence electrons. The second kappa shape index (κ2) is 3.41. The summed E-state index contributed by atoms with van der Waals surface area (Å²) < 4.78 is 0. The van der Waals surface area contributed by atoms with E-state index in [2.05, 4.69) is 27.1 Å². The summed E-state index contributed by atoms with van der Waals surface area (Å²) in [6.45, 7) is 2.05. The van der Waals surface area contributed by atoms with Gasteiger partial charge in [0.25, 0.3) is 0 Å². The monoisotopic (exact) mass is 210 g/mol. The average Bonchev–Trinajstić information content (AvgIpc) is 2.76. The third-order valence-corrected chi connectivity index (χ3v) is 2.61. The Labute approximate surface area is 92.4 Å². The van der Waals surface area contributed by atoms with Crippen molar-refractivity contribution in [1.29, 1.82) is 0 Å². The predicted octanol–water partition coefficient (Wildman–Crippen LogP) is 2.33. The van der Waals surface area contributed by atoms with Gasteiger partial charge < -0.3 is 0 Å². The Morgan fingerprint density at radius 1 is 1.12 bits per heavy atom. The molecule has 4 heteroatoms. The van der Waals surface area contributed by atoms with Crippen molar-refractivity contribution >= 4 is 11.0 Å². The van der Waals surface area contributed by atoms with Crippen LogP contribution in [0.4, 0.5) is 0 Å². The number of nitrogens with one attached hydrogen (secondary N) is 1. The molecule has 0 saturated carbocycles. The van der Waals surface area contributed by atoms with Crippen LogP contribution in [0, 0.1) is 6.92 Å². The Hall–Kier alpha value is -2.23. The fourth-order valence-corrected chi connectivity index (χ4v) is 1.71. The summed E-state index contributed by atoms with van der Waals surface area (Å²) in [6.07, 6.45) is 5.35. The number of aryl methyl sites for hydroxylation is 1. The van der Waals surface area contributed by atoms with Gasteiger partial charge >= 0.3 is 0 Å². The highest BCUT2D eigenvalue weighted by Gasteiger charge is 2.04. The minimum Gasteiger partial charge on any atom is -0.276 e. The second-order valence-electron chi connectivity index (χ2n) is 3.69. The van der Waals surface area contributed by atoms with Gasteiger partial charge in [-0.3, -0.25) is 10.1 Å². The highest BCUT2D eigenvalue weighted by atomic mass is 15.1. The van der Waals surface area contributed by atoms with Crippen molar-refractivity contribution in [1.82, 2.24) is 20.2 Å². The molecule has 0 aliphatic heterocycles. The number of hydrogen-bond acceptors (Lipinski definition) is 3. The maximum absolute atomic E-state index is 4.53. The first kappa shape index (κ1) is 9.03. The lowest BCUT2D eigenvalue weighted by Crippen LogP contribution is -1.88. The summed E-state index contributed by atoms with van der Waals surface area (Å²) in [5, 5.41) is 6.84. The van der Waals surface area contributed by atoms with Crippen LogP contribution in [0.5, 0.6) is 0 Å². The largest absolute Gasteiger partial charge is 0.276 e. The van der Waals surface area contributed by atoms with Gasteiger partial charge in [-0.25, -0.2) is 4.98 Å². The summed E-state index contributed by atoms with van der Waals surface area (Å²) in [6, 6.07) is 5.94. The van der Waals surface area contributed by atoms with E-state index in [1.54, 1.807) is 12.4 Å². The normalized spacial score (nSPS) is 10.8. The standard InChI is InChI=1S/C12H10N4/c1-8-4-5-13-6-9(8)10-2-3-11-12(15-10)7-14-16-11/h2-7H,1H3,(H,14,16). The molecule has 0 unspecified atom stereocenters. The van der Waals surface area contributed by atoms with Gasteiger partial charge in [-0.1, -0.05) is 0 Å². The SMILES string of the molecule is Cc1ccncc1-c1ccc2[nH]ncc2n1. The van der Waals surface area contributed by atoms with E-state index in [0.29, 0.717) is 0 Å². The van der Waals surface area contributed by atoms with Gasteiger partial charge in [-0.05, 0) is 30.7 Å². The van der Waals surface area contributed by atoms with Crippen LogP contribution in [-0.4, -0.2) is 20.2 Å². The van der Waals surface area contributed by atoms with Crippen LogP contribution < -0.4 is 0 Å². The molecule has 4 nitrogen and oxygen atoms in total. The third-order valence-electron chi connectivity index (χ3n) is 2.61. The summed E-state index contributed by atoms with van der Waals surface area (Å²) in [5.74, 6) is 0. The van der Waals surface area contributed by atoms with E-state index in [9.17, 15) is 0 Å². The lowest BCUT2D eigenvalue weighted by molar-refractivity contribution is 1.12. The zero-order valence-electron chi connectivity index (χ0n) is 8.81. The molecule has 16 heavy (non-hydrogen) atoms. The van der Waals surface area contributed by atoms with Crippen LogP contribution in [0.15, 0.2) is 36.8 Å². The van der Waals surface area contributed by atoms with E-state index >= 15 is 0 Å². The second-order valence-corrected chi connectivity index (χ2v) is 3.69. The molecule has 3 aromatic rings. The quantitative estimate of drug-likeness (QED) is 0.670. The van der Waals surface area contributed by atoms with Crippen molar-refractivity contribution in [3.05, 3.63) is 42.4 Å². The van der Waals surface area contributed by atoms with E-state index in [-0.39, 0.29) is 0 Å². The highest BCUT2D eigenvalue weighted by Crippen LogP contribution is 2.21. The molecule has 0 aliphatic rings. The van der Waals surface area contributed by atoms with E-state index in [0.717, 1.165) is 22.3 Å². The van der Waals surface area contributed by atoms with Crippen LogP contribution in [0.25, 0.3) is 22.3 Å². The number of rotatable bonds is 1. The van der Waals surface area contributed by atoms with Gasteiger partial charge in [0.05, 0.1) is 17.4 Å². The zero-order chi connectivity index (χ0) is 11.0. The van der Waals surface area contributed by atoms with Crippen molar-refractivity contribution in [2.45, 2.75) is 6.92 Å². The third kappa shape index (κ3) is 1.35. The maximum Gasteiger partial charge on any atom is 0.109 e. The van der Waals surface area contributed by atoms with Crippen LogP contribution in [-0.2, 0) is 0 Å². The van der Waals surface area contributed by atoms with Crippen molar-refractivity contribution in [2.24, 2.45) is 0 Å². The number of aromatic nitrogens is 4. The molecule has 0 fully saturated rings. The van der Waals surface area contributed by atoms with E-state index < -0.39 is 0 Å². The molecule has 0 saturated heterocycles. The predicted molar refractivity (Wildman–Crippen MR) is 61.9 cm³/mol. The van der Waals surface area contributed by atoms with Crippen molar-refractivity contribution in [3.8, 4) is 11.3 Å². The van der Waals surface area contributed by atoms with Crippen LogP contribution >= 0.6 is 0 Å². The van der Waals surface area contributed by atoms with E-state index in [1.165, 1.54) is 5.56 Å². The average molecular weight is 210 g/mol. The molecule has 1 N–H and O–H groups in total. The first-order chi connectivity index (χ1) is 7.84. The number of nitrogens with zero attached hydrogens (tertiary/aromatic N) is 3. The Kier molecular flexibility index (Phi) is 1.93. The number of aromatic amines is 1. The molecule has 0 spiro atoms. The molecule has 0 bridgehead atoms. The first-order valence-electron chi connectivity index (χ1n) is 5.06. The summed E-state index contributed by atoms with van der Waals surface area (Å²) >= 11 is 0. The molecule has 3 heterocycles. The Morgan fingerprint density at radius 2 is 2.06 bits per heavy atom. The van der Waals surface area contributed by atoms with E-state index in [4.69, 9.17) is 0 Å². The number of pyridine rings is 2. The maximum atomic E-state index is 4.53. The van der Waals surface area contributed by atoms with Crippen LogP contribution in [0.2, 0.25) is 0 Å². The van der Waals surface area contributed by atoms with Crippen molar-refractivity contribution < 1.29 is 0 Å². The van der Waals surface area contributed by atoms with Crippen LogP contribution in [0.1, 0.15) is 5.56 Å². The Bertz CT molecular complexity index is 642. The van der Waals surface area contributed by atoms with Gasteiger partial charge in [0.2, 0.25) is 0 Å². The molecule has 0 aromatic carbocycles. The lowest BCUT2D eigenvalue weighted by atomic mass is 10.1. The van der Waals surface area contributed by atoms with Crippen LogP contribution in [0.3, 0.4) is 0 Å². The number of fused-ring (bicyclic) bond motifs is 1. The zero-order valence-corrected chi connectivity index (χ0v) is 8.81. The highest BCUT2D eigenvalue weighted by molar-refractivity contribution is 5.77. The number of H-pyrrole nitrogens is 1. The van der Waals surface area contributed by atoms with Gasteiger partial charge in [0, 0.05) is 18.0 Å². The molecule has 0 aliphatic carbocycles. The topological polar surface area (TPSA) is 54.5 Å². The smallest absolute Gasteiger partial charge is 0.109 e. The molecular weight excluding hydrogens is 200 g/mol. The summed E-state index contributed by atoms with van der Waals surface area (Å²) in [7, 11) is 0. The van der Waals surface area contributed by atoms with Gasteiger partial charge in [0.1, 0.15) is 5.52 Å². The Balaban J connectivity index is 2.22. The lowest BCUT2D eigenvalue weighted by Gasteiger charge is -2.03. The van der Waals surface area contributed by atoms with Crippen molar-refractivity contribution in [2.75, 3.05) is 0 Å². The molecule has 3 aromatic heterocycles. The molecule has 0 radical (unpaired) electrons. The molecule has 0 amide bonds. The van der Waals surface area contributed by atoms with E-state index in [1.807, 2.05) is 24.4 Å². The minimum atomic E-state index is 0.876. The van der Waals surface area contributed by atoms with Gasteiger partial charge in [0.15, 0.2) is 0 Å². The molecular formula is C12H10N4. The fraction of sp³-hybridized carbons (Fsp3) is 0.0833. The van der Waals surface area contributed by atoms with Crippen molar-refractivity contribution in [3.63, 3.8) is 0 Å². The van der Waals surface area contributed by atoms with Gasteiger partial charge in [-0.15, -0.1) is 0 Å². The first-order valence-corrected chi connectivity index (χ1v) is 5.06. The minimum absolute atomic E-state index is 0.876. The van der Waals surface area contributed by atoms with Gasteiger partial charge in [-0.2, -0.15) is 5.10 Å². The Morgan fingerprint density at radius 3 is 2.94 bits per heavy atom. The molecule has 3 rings (SSSR count). The summed E-state index contributed by atoms with van der Waals surface area (Å²) in [5.41, 5.74) is 4.99. The summed E-state index contributed by atoms with van der Waals surface area (Å²) in [4.78, 5) is 8.66. The number of hydrogen-bond donors (Lipinski definition) is 1. The molecule has 0 atom stereocenters. The fourth-order valence-electron chi connectivity index (χ4n) is 1.71.